The van der Waals surface area contributed by atoms with E-state index in [2.05, 4.69) is 63.3 Å². The predicted octanol–water partition coefficient (Wildman–Crippen LogP) is 4.13. The van der Waals surface area contributed by atoms with Crippen molar-refractivity contribution in [3.05, 3.63) is 35.9 Å². The summed E-state index contributed by atoms with van der Waals surface area (Å²) in [5.74, 6) is 0.923. The number of hydrogen-bond acceptors (Lipinski definition) is 1. The minimum absolute atomic E-state index is 0.207. The van der Waals surface area contributed by atoms with E-state index in [4.69, 9.17) is 0 Å². The molecule has 1 aliphatic carbocycles. The molecule has 1 saturated carbocycles. The van der Waals surface area contributed by atoms with Gasteiger partial charge in [-0.1, -0.05) is 43.7 Å². The summed E-state index contributed by atoms with van der Waals surface area (Å²) in [5.41, 5.74) is 2.11. The first kappa shape index (κ1) is 13.6. The number of rotatable bonds is 4. The number of nitrogens with one attached hydrogen (secondary N) is 1. The molecule has 0 bridgehead atoms. The van der Waals surface area contributed by atoms with Gasteiger partial charge in [-0.05, 0) is 45.1 Å². The van der Waals surface area contributed by atoms with E-state index in [1.165, 1.54) is 24.8 Å². The molecule has 1 heteroatoms. The highest BCUT2D eigenvalue weighted by Crippen LogP contribution is 2.48. The average molecular weight is 245 g/mol. The third-order valence-corrected chi connectivity index (χ3v) is 4.28. The molecular formula is C17H27N. The summed E-state index contributed by atoms with van der Waals surface area (Å²) in [6.07, 6.45) is 4.01. The fraction of sp³-hybridized carbons (Fsp3) is 0.647. The van der Waals surface area contributed by atoms with Crippen LogP contribution in [0.5, 0.6) is 0 Å². The first-order valence-electron chi connectivity index (χ1n) is 7.26. The summed E-state index contributed by atoms with van der Waals surface area (Å²) in [6.45, 7) is 10.2. The van der Waals surface area contributed by atoms with Crippen molar-refractivity contribution >= 4 is 0 Å². The summed E-state index contributed by atoms with van der Waals surface area (Å²) in [7, 11) is 0. The molecular weight excluding hydrogens is 218 g/mol. The Bertz CT molecular complexity index is 368. The quantitative estimate of drug-likeness (QED) is 0.841. The van der Waals surface area contributed by atoms with E-state index in [1.54, 1.807) is 0 Å². The molecule has 0 atom stereocenters. The lowest BCUT2D eigenvalue weighted by Gasteiger charge is -2.49. The van der Waals surface area contributed by atoms with Crippen molar-refractivity contribution in [2.24, 2.45) is 5.92 Å². The van der Waals surface area contributed by atoms with Crippen LogP contribution < -0.4 is 5.32 Å². The maximum Gasteiger partial charge on any atom is 0.00968 e. The number of benzene rings is 1. The Balaban J connectivity index is 2.11. The first-order chi connectivity index (χ1) is 8.45. The van der Waals surface area contributed by atoms with E-state index >= 15 is 0 Å². The smallest absolute Gasteiger partial charge is 0.00968 e. The van der Waals surface area contributed by atoms with Crippen LogP contribution in [0.25, 0.3) is 0 Å². The molecule has 1 aliphatic rings. The van der Waals surface area contributed by atoms with Crippen LogP contribution in [0.15, 0.2) is 30.3 Å². The van der Waals surface area contributed by atoms with Gasteiger partial charge in [0.25, 0.3) is 0 Å². The molecule has 18 heavy (non-hydrogen) atoms. The fourth-order valence-electron chi connectivity index (χ4n) is 3.04. The molecule has 1 fully saturated rings. The normalized spacial score (nSPS) is 27.9. The lowest BCUT2D eigenvalue weighted by Crippen LogP contribution is -2.52. The molecule has 0 radical (unpaired) electrons. The summed E-state index contributed by atoms with van der Waals surface area (Å²) in [5, 5.41) is 3.71. The van der Waals surface area contributed by atoms with Gasteiger partial charge in [0.1, 0.15) is 0 Å². The number of hydrogen-bond donors (Lipinski definition) is 1. The van der Waals surface area contributed by atoms with Crippen LogP contribution in [0.1, 0.15) is 52.5 Å². The Kier molecular flexibility index (Phi) is 3.82. The van der Waals surface area contributed by atoms with Gasteiger partial charge in [-0.3, -0.25) is 0 Å². The van der Waals surface area contributed by atoms with E-state index in [9.17, 15) is 0 Å². The highest BCUT2D eigenvalue weighted by molar-refractivity contribution is 5.29. The highest BCUT2D eigenvalue weighted by atomic mass is 15.0. The van der Waals surface area contributed by atoms with Crippen molar-refractivity contribution in [2.45, 2.75) is 57.9 Å². The van der Waals surface area contributed by atoms with Gasteiger partial charge in [0.05, 0.1) is 0 Å². The zero-order valence-electron chi connectivity index (χ0n) is 12.3. The van der Waals surface area contributed by atoms with Gasteiger partial charge in [-0.25, -0.2) is 0 Å². The predicted molar refractivity (Wildman–Crippen MR) is 78.9 cm³/mol. The fourth-order valence-corrected chi connectivity index (χ4v) is 3.04. The maximum absolute atomic E-state index is 3.71. The van der Waals surface area contributed by atoms with E-state index < -0.39 is 0 Å². The molecule has 1 aromatic carbocycles. The summed E-state index contributed by atoms with van der Waals surface area (Å²) in [4.78, 5) is 0. The topological polar surface area (TPSA) is 12.0 Å². The van der Waals surface area contributed by atoms with Gasteiger partial charge < -0.3 is 5.32 Å². The Morgan fingerprint density at radius 1 is 1.17 bits per heavy atom. The molecule has 1 aromatic rings. The summed E-state index contributed by atoms with van der Waals surface area (Å²) < 4.78 is 0. The minimum atomic E-state index is 0.207. The van der Waals surface area contributed by atoms with Crippen LogP contribution in [0.2, 0.25) is 0 Å². The van der Waals surface area contributed by atoms with Crippen LogP contribution in [0.3, 0.4) is 0 Å². The monoisotopic (exact) mass is 245 g/mol. The molecule has 0 unspecified atom stereocenters. The Morgan fingerprint density at radius 2 is 1.78 bits per heavy atom. The van der Waals surface area contributed by atoms with Gasteiger partial charge in [-0.2, -0.15) is 0 Å². The first-order valence-corrected chi connectivity index (χ1v) is 7.26. The zero-order chi connectivity index (χ0) is 13.2. The maximum atomic E-state index is 3.71. The van der Waals surface area contributed by atoms with Crippen molar-refractivity contribution in [2.75, 3.05) is 6.54 Å². The van der Waals surface area contributed by atoms with Crippen LogP contribution in [-0.2, 0) is 5.41 Å². The van der Waals surface area contributed by atoms with Gasteiger partial charge in [0.2, 0.25) is 0 Å². The molecule has 1 nitrogen and oxygen atoms in total. The zero-order valence-corrected chi connectivity index (χ0v) is 12.3. The molecule has 1 N–H and O–H groups in total. The molecule has 0 heterocycles. The van der Waals surface area contributed by atoms with Crippen LogP contribution >= 0.6 is 0 Å². The Morgan fingerprint density at radius 3 is 2.28 bits per heavy atom. The lowest BCUT2D eigenvalue weighted by atomic mass is 9.57. The standard InChI is InChI=1S/C17H27N/c1-5-14-11-17(12-14,13-18-16(2,3)4)15-9-7-6-8-10-15/h6-10,14,18H,5,11-13H2,1-4H3. The van der Waals surface area contributed by atoms with Crippen LogP contribution in [0, 0.1) is 5.92 Å². The summed E-state index contributed by atoms with van der Waals surface area (Å²) in [6, 6.07) is 11.1. The van der Waals surface area contributed by atoms with Crippen molar-refractivity contribution in [3.8, 4) is 0 Å². The molecule has 0 saturated heterocycles. The highest BCUT2D eigenvalue weighted by Gasteiger charge is 2.44. The molecule has 0 aliphatic heterocycles. The van der Waals surface area contributed by atoms with Crippen LogP contribution in [-0.4, -0.2) is 12.1 Å². The van der Waals surface area contributed by atoms with Crippen molar-refractivity contribution in [1.82, 2.24) is 5.32 Å². The second-order valence-corrected chi connectivity index (χ2v) is 6.93. The summed E-state index contributed by atoms with van der Waals surface area (Å²) >= 11 is 0. The van der Waals surface area contributed by atoms with E-state index in [1.807, 2.05) is 0 Å². The average Bonchev–Trinajstić information content (AvgIpc) is 2.28. The minimum Gasteiger partial charge on any atom is -0.311 e. The molecule has 2 rings (SSSR count). The van der Waals surface area contributed by atoms with E-state index in [0.717, 1.165) is 12.5 Å². The van der Waals surface area contributed by atoms with Crippen molar-refractivity contribution in [1.29, 1.82) is 0 Å². The van der Waals surface area contributed by atoms with Gasteiger partial charge >= 0.3 is 0 Å². The second kappa shape index (κ2) is 5.05. The SMILES string of the molecule is CCC1CC(CNC(C)(C)C)(c2ccccc2)C1. The Labute approximate surface area is 112 Å². The molecule has 100 valence electrons. The van der Waals surface area contributed by atoms with E-state index in [0.29, 0.717) is 5.41 Å². The van der Waals surface area contributed by atoms with E-state index in [-0.39, 0.29) is 5.54 Å². The van der Waals surface area contributed by atoms with Crippen LogP contribution in [0.4, 0.5) is 0 Å². The largest absolute Gasteiger partial charge is 0.311 e. The lowest BCUT2D eigenvalue weighted by molar-refractivity contribution is 0.125. The van der Waals surface area contributed by atoms with Gasteiger partial charge in [0.15, 0.2) is 0 Å². The Hall–Kier alpha value is -0.820. The molecule has 0 aromatic heterocycles. The molecule has 0 spiro atoms. The van der Waals surface area contributed by atoms with Crippen molar-refractivity contribution < 1.29 is 0 Å². The van der Waals surface area contributed by atoms with Gasteiger partial charge in [0, 0.05) is 17.5 Å². The molecule has 0 amide bonds. The van der Waals surface area contributed by atoms with Crippen molar-refractivity contribution in [3.63, 3.8) is 0 Å². The van der Waals surface area contributed by atoms with Gasteiger partial charge in [-0.15, -0.1) is 0 Å². The second-order valence-electron chi connectivity index (χ2n) is 6.93. The third kappa shape index (κ3) is 2.95. The third-order valence-electron chi connectivity index (χ3n) is 4.28.